The molecule has 0 bridgehead atoms. The summed E-state index contributed by atoms with van der Waals surface area (Å²) in [7, 11) is 0. The van der Waals surface area contributed by atoms with Crippen molar-refractivity contribution in [1.82, 2.24) is 29.4 Å². The Morgan fingerprint density at radius 3 is 2.45 bits per heavy atom. The summed E-state index contributed by atoms with van der Waals surface area (Å²) in [5.41, 5.74) is 3.53. The highest BCUT2D eigenvalue weighted by Crippen LogP contribution is 2.37. The molecule has 1 aliphatic heterocycles. The number of fused-ring (bicyclic) bond motifs is 1. The second-order valence-electron chi connectivity index (χ2n) is 10.9. The summed E-state index contributed by atoms with van der Waals surface area (Å²) in [6, 6.07) is 3.49. The summed E-state index contributed by atoms with van der Waals surface area (Å²) in [4.78, 5) is 50.5. The molecule has 9 nitrogen and oxygen atoms in total. The van der Waals surface area contributed by atoms with Crippen LogP contribution in [0.4, 0.5) is 5.82 Å². The average Bonchev–Trinajstić information content (AvgIpc) is 3.26. The van der Waals surface area contributed by atoms with Crippen LogP contribution in [-0.4, -0.2) is 60.5 Å². The first-order valence-corrected chi connectivity index (χ1v) is 14.9. The van der Waals surface area contributed by atoms with E-state index >= 15 is 0 Å². The van der Waals surface area contributed by atoms with E-state index in [2.05, 4.69) is 21.4 Å². The van der Waals surface area contributed by atoms with Gasteiger partial charge in [0.2, 0.25) is 5.91 Å². The minimum Gasteiger partial charge on any atom is -0.349 e. The van der Waals surface area contributed by atoms with E-state index in [1.165, 1.54) is 6.08 Å². The Balaban J connectivity index is 0.00000405. The van der Waals surface area contributed by atoms with Crippen LogP contribution in [0.5, 0.6) is 0 Å². The fourth-order valence-electron chi connectivity index (χ4n) is 5.57. The first kappa shape index (κ1) is 31.3. The molecule has 0 aliphatic carbocycles. The van der Waals surface area contributed by atoms with Crippen molar-refractivity contribution in [2.75, 3.05) is 18.0 Å². The van der Waals surface area contributed by atoms with E-state index in [1.54, 1.807) is 27.0 Å². The van der Waals surface area contributed by atoms with E-state index in [4.69, 9.17) is 21.6 Å². The zero-order valence-corrected chi connectivity index (χ0v) is 26.0. The van der Waals surface area contributed by atoms with Gasteiger partial charge in [0.1, 0.15) is 17.2 Å². The number of carbonyl (C=O) groups is 1. The molecule has 42 heavy (non-hydrogen) atoms. The summed E-state index contributed by atoms with van der Waals surface area (Å²) in [5.74, 6) is 0.429. The molecule has 0 saturated carbocycles. The zero-order chi connectivity index (χ0) is 29.7. The smallest absolute Gasteiger partial charge is 0.349 e. The number of anilines is 1. The van der Waals surface area contributed by atoms with Crippen molar-refractivity contribution in [3.8, 4) is 17.1 Å². The molecule has 222 valence electrons. The molecule has 11 heteroatoms. The highest BCUT2D eigenvalue weighted by molar-refractivity contribution is 7.11. The lowest BCUT2D eigenvalue weighted by atomic mass is 10.0. The average molecular weight is 608 g/mol. The van der Waals surface area contributed by atoms with Crippen LogP contribution in [0.1, 0.15) is 62.2 Å². The number of halogens is 1. The van der Waals surface area contributed by atoms with Gasteiger partial charge in [-0.25, -0.2) is 19.3 Å². The van der Waals surface area contributed by atoms with Gasteiger partial charge in [-0.15, -0.1) is 11.3 Å². The molecule has 0 aromatic carbocycles. The maximum Gasteiger partial charge on any atom is 0.355 e. The number of hydrogen-bond donors (Lipinski definition) is 0. The first-order valence-electron chi connectivity index (χ1n) is 13.7. The van der Waals surface area contributed by atoms with Crippen LogP contribution in [0.2, 0.25) is 5.02 Å². The van der Waals surface area contributed by atoms with Crippen molar-refractivity contribution in [3.05, 3.63) is 67.6 Å². The van der Waals surface area contributed by atoms with Gasteiger partial charge in [0.05, 0.1) is 26.8 Å². The fraction of sp³-hybridized carbons (Fsp3) is 0.419. The molecule has 5 rings (SSSR count). The molecule has 0 unspecified atom stereocenters. The van der Waals surface area contributed by atoms with E-state index in [-0.39, 0.29) is 31.3 Å². The quantitative estimate of drug-likeness (QED) is 0.247. The minimum atomic E-state index is -0.457. The SMILES string of the molecule is C.C=CC(=O)N1C[C@H](C)N(c2nc(=O)n(-c3c(C)ccnc3C(C)C)c3nc(-c4nc(C)sc4C)c(Cl)cc23)C[C@H]1C. The Labute approximate surface area is 255 Å². The summed E-state index contributed by atoms with van der Waals surface area (Å²) < 4.78 is 1.57. The van der Waals surface area contributed by atoms with E-state index in [0.29, 0.717) is 52.0 Å². The Bertz CT molecular complexity index is 1750. The molecular formula is C31H38ClN7O2S. The third kappa shape index (κ3) is 5.33. The molecule has 5 heterocycles. The normalized spacial score (nSPS) is 17.1. The van der Waals surface area contributed by atoms with E-state index in [1.807, 2.05) is 60.6 Å². The Morgan fingerprint density at radius 2 is 1.83 bits per heavy atom. The Kier molecular flexibility index (Phi) is 8.89. The Hall–Kier alpha value is -3.63. The number of piperazine rings is 1. The minimum absolute atomic E-state index is 0. The van der Waals surface area contributed by atoms with Gasteiger partial charge < -0.3 is 9.80 Å². The van der Waals surface area contributed by atoms with Gasteiger partial charge in [-0.05, 0) is 64.3 Å². The van der Waals surface area contributed by atoms with Gasteiger partial charge in [0.25, 0.3) is 0 Å². The molecular weight excluding hydrogens is 570 g/mol. The number of carbonyl (C=O) groups excluding carboxylic acids is 1. The molecule has 1 saturated heterocycles. The highest BCUT2D eigenvalue weighted by Gasteiger charge is 2.34. The second-order valence-corrected chi connectivity index (χ2v) is 12.8. The monoisotopic (exact) mass is 607 g/mol. The van der Waals surface area contributed by atoms with Gasteiger partial charge >= 0.3 is 5.69 Å². The Morgan fingerprint density at radius 1 is 1.12 bits per heavy atom. The number of thiazole rings is 1. The van der Waals surface area contributed by atoms with Gasteiger partial charge in [0.15, 0.2) is 5.65 Å². The molecule has 4 aromatic heterocycles. The highest BCUT2D eigenvalue weighted by atomic mass is 35.5. The lowest BCUT2D eigenvalue weighted by Crippen LogP contribution is -2.58. The van der Waals surface area contributed by atoms with Gasteiger partial charge in [-0.1, -0.05) is 39.5 Å². The predicted molar refractivity (Wildman–Crippen MR) is 172 cm³/mol. The third-order valence-electron chi connectivity index (χ3n) is 7.57. The van der Waals surface area contributed by atoms with E-state index < -0.39 is 5.69 Å². The van der Waals surface area contributed by atoms with Crippen LogP contribution >= 0.6 is 22.9 Å². The number of rotatable bonds is 5. The van der Waals surface area contributed by atoms with Crippen LogP contribution in [0.15, 0.2) is 35.8 Å². The van der Waals surface area contributed by atoms with Crippen LogP contribution in [0.3, 0.4) is 0 Å². The molecule has 1 amide bonds. The lowest BCUT2D eigenvalue weighted by molar-refractivity contribution is -0.128. The van der Waals surface area contributed by atoms with E-state index in [9.17, 15) is 9.59 Å². The summed E-state index contributed by atoms with van der Waals surface area (Å²) in [6.07, 6.45) is 3.09. The largest absolute Gasteiger partial charge is 0.355 e. The van der Waals surface area contributed by atoms with Gasteiger partial charge in [0, 0.05) is 36.2 Å². The van der Waals surface area contributed by atoms with Gasteiger partial charge in [-0.2, -0.15) is 4.98 Å². The van der Waals surface area contributed by atoms with Crippen molar-refractivity contribution >= 4 is 45.7 Å². The molecule has 1 aliphatic rings. The number of hydrogen-bond acceptors (Lipinski definition) is 8. The molecule has 0 spiro atoms. The fourth-order valence-corrected chi connectivity index (χ4v) is 6.63. The standard InChI is InChI=1S/C30H34ClN7O2S.CH4/c1-9-23(39)36-13-18(6)37(14-17(36)5)28-21-12-22(31)26(25-19(7)41-20(8)33-25)34-29(21)38(30(40)35-28)27-16(4)10-11-32-24(27)15(2)3;/h9-12,15,17-18H,1,13-14H2,2-8H3;1H4/t17-,18+;/m1./s1. The van der Waals surface area contributed by atoms with E-state index in [0.717, 1.165) is 21.1 Å². The second kappa shape index (κ2) is 11.9. The van der Waals surface area contributed by atoms with Crippen molar-refractivity contribution in [3.63, 3.8) is 0 Å². The first-order chi connectivity index (χ1) is 19.4. The molecule has 0 N–H and O–H groups in total. The molecule has 2 atom stereocenters. The topological polar surface area (TPSA) is 97.1 Å². The van der Waals surface area contributed by atoms with Gasteiger partial charge in [-0.3, -0.25) is 9.78 Å². The third-order valence-corrected chi connectivity index (χ3v) is 8.74. The molecule has 4 aromatic rings. The summed E-state index contributed by atoms with van der Waals surface area (Å²) in [5, 5.41) is 1.97. The number of aryl methyl sites for hydroxylation is 3. The van der Waals surface area contributed by atoms with Crippen molar-refractivity contribution in [1.29, 1.82) is 0 Å². The van der Waals surface area contributed by atoms with Crippen LogP contribution in [-0.2, 0) is 4.79 Å². The number of aromatic nitrogens is 5. The maximum absolute atomic E-state index is 14.1. The lowest BCUT2D eigenvalue weighted by Gasteiger charge is -2.44. The predicted octanol–water partition coefficient (Wildman–Crippen LogP) is 6.25. The van der Waals surface area contributed by atoms with Crippen molar-refractivity contribution in [2.45, 2.75) is 73.9 Å². The summed E-state index contributed by atoms with van der Waals surface area (Å²) >= 11 is 8.50. The number of nitrogens with zero attached hydrogens (tertiary/aromatic N) is 7. The molecule has 1 fully saturated rings. The van der Waals surface area contributed by atoms with Crippen LogP contribution < -0.4 is 10.6 Å². The van der Waals surface area contributed by atoms with Crippen molar-refractivity contribution in [2.24, 2.45) is 0 Å². The zero-order valence-electron chi connectivity index (χ0n) is 24.4. The van der Waals surface area contributed by atoms with Crippen LogP contribution in [0, 0.1) is 20.8 Å². The number of pyridine rings is 2. The maximum atomic E-state index is 14.1. The van der Waals surface area contributed by atoms with Crippen LogP contribution in [0.25, 0.3) is 28.1 Å². The summed E-state index contributed by atoms with van der Waals surface area (Å²) in [6.45, 7) is 18.6. The molecule has 0 radical (unpaired) electrons. The van der Waals surface area contributed by atoms with Crippen molar-refractivity contribution < 1.29 is 4.79 Å². The number of amides is 1.